The Hall–Kier alpha value is -2.59. The van der Waals surface area contributed by atoms with Crippen LogP contribution in [0.2, 0.25) is 0 Å². The van der Waals surface area contributed by atoms with Crippen molar-refractivity contribution in [2.45, 2.75) is 6.54 Å². The molecule has 0 aliphatic carbocycles. The lowest BCUT2D eigenvalue weighted by Crippen LogP contribution is -2.29. The summed E-state index contributed by atoms with van der Waals surface area (Å²) in [6.07, 6.45) is 0. The van der Waals surface area contributed by atoms with E-state index in [1.54, 1.807) is 6.07 Å². The maximum Gasteiger partial charge on any atom is 0.302 e. The standard InChI is InChI=1S/C14H17N5O4S/c1-19(2)24(20,21)18-14-6-5-13(16-17-14)15-8-10-3-4-11-12(7-10)23-9-22-11/h3-7H,8-9H2,1-2H3,(H,15,16)(H,17,18). The molecular weight excluding hydrogens is 334 g/mol. The van der Waals surface area contributed by atoms with E-state index in [2.05, 4.69) is 20.2 Å². The van der Waals surface area contributed by atoms with E-state index >= 15 is 0 Å². The molecule has 0 saturated heterocycles. The Labute approximate surface area is 139 Å². The van der Waals surface area contributed by atoms with E-state index in [1.165, 1.54) is 20.2 Å². The summed E-state index contributed by atoms with van der Waals surface area (Å²) in [5.74, 6) is 2.13. The van der Waals surface area contributed by atoms with Crippen LogP contribution >= 0.6 is 0 Å². The Morgan fingerprint density at radius 2 is 1.79 bits per heavy atom. The fourth-order valence-corrected chi connectivity index (χ4v) is 2.50. The van der Waals surface area contributed by atoms with Gasteiger partial charge in [0.25, 0.3) is 0 Å². The Bertz CT molecular complexity index is 824. The lowest BCUT2D eigenvalue weighted by molar-refractivity contribution is 0.174. The average molecular weight is 351 g/mol. The predicted octanol–water partition coefficient (Wildman–Crippen LogP) is 1.04. The highest BCUT2D eigenvalue weighted by Gasteiger charge is 2.14. The molecule has 1 aliphatic rings. The topological polar surface area (TPSA) is 106 Å². The number of anilines is 2. The summed E-state index contributed by atoms with van der Waals surface area (Å²) in [6, 6.07) is 8.85. The zero-order valence-electron chi connectivity index (χ0n) is 13.2. The van der Waals surface area contributed by atoms with Gasteiger partial charge >= 0.3 is 10.2 Å². The molecule has 2 aromatic rings. The van der Waals surface area contributed by atoms with Crippen molar-refractivity contribution in [2.75, 3.05) is 30.9 Å². The molecule has 0 saturated carbocycles. The summed E-state index contributed by atoms with van der Waals surface area (Å²) in [6.45, 7) is 0.760. The first kappa shape index (κ1) is 16.3. The van der Waals surface area contributed by atoms with Crippen molar-refractivity contribution in [1.82, 2.24) is 14.5 Å². The van der Waals surface area contributed by atoms with Crippen molar-refractivity contribution in [1.29, 1.82) is 0 Å². The first-order valence-corrected chi connectivity index (χ1v) is 8.54. The second kappa shape index (κ2) is 6.49. The molecule has 0 atom stereocenters. The fraction of sp³-hybridized carbons (Fsp3) is 0.286. The molecule has 0 spiro atoms. The molecule has 0 radical (unpaired) electrons. The van der Waals surface area contributed by atoms with E-state index in [4.69, 9.17) is 9.47 Å². The van der Waals surface area contributed by atoms with Gasteiger partial charge in [0.2, 0.25) is 6.79 Å². The maximum atomic E-state index is 11.7. The highest BCUT2D eigenvalue weighted by Crippen LogP contribution is 2.32. The molecule has 0 bridgehead atoms. The van der Waals surface area contributed by atoms with Gasteiger partial charge in [-0.25, -0.2) is 0 Å². The van der Waals surface area contributed by atoms with Crippen molar-refractivity contribution >= 4 is 21.8 Å². The van der Waals surface area contributed by atoms with E-state index in [-0.39, 0.29) is 12.6 Å². The van der Waals surface area contributed by atoms with Crippen LogP contribution in [-0.4, -0.2) is 43.8 Å². The Morgan fingerprint density at radius 3 is 2.50 bits per heavy atom. The monoisotopic (exact) mass is 351 g/mol. The third-order valence-corrected chi connectivity index (χ3v) is 4.72. The smallest absolute Gasteiger partial charge is 0.302 e. The van der Waals surface area contributed by atoms with Gasteiger partial charge < -0.3 is 14.8 Å². The zero-order chi connectivity index (χ0) is 17.2. The van der Waals surface area contributed by atoms with Crippen LogP contribution in [0.25, 0.3) is 0 Å². The Balaban J connectivity index is 1.60. The third-order valence-electron chi connectivity index (χ3n) is 3.29. The largest absolute Gasteiger partial charge is 0.454 e. The molecule has 24 heavy (non-hydrogen) atoms. The molecule has 2 heterocycles. The number of hydrogen-bond donors (Lipinski definition) is 2. The summed E-state index contributed by atoms with van der Waals surface area (Å²) in [5.41, 5.74) is 0.999. The molecule has 1 aromatic heterocycles. The van der Waals surface area contributed by atoms with Gasteiger partial charge in [0.15, 0.2) is 17.3 Å². The van der Waals surface area contributed by atoms with Crippen LogP contribution in [0, 0.1) is 0 Å². The van der Waals surface area contributed by atoms with Crippen molar-refractivity contribution in [3.8, 4) is 11.5 Å². The first-order chi connectivity index (χ1) is 11.4. The van der Waals surface area contributed by atoms with Gasteiger partial charge in [-0.15, -0.1) is 10.2 Å². The number of aromatic nitrogens is 2. The number of benzene rings is 1. The molecule has 0 amide bonds. The lowest BCUT2D eigenvalue weighted by atomic mass is 10.2. The molecule has 9 nitrogen and oxygen atoms in total. The molecule has 0 unspecified atom stereocenters. The number of ether oxygens (including phenoxy) is 2. The summed E-state index contributed by atoms with van der Waals surface area (Å²) in [5, 5.41) is 10.9. The van der Waals surface area contributed by atoms with E-state index in [9.17, 15) is 8.42 Å². The van der Waals surface area contributed by atoms with Crippen LogP contribution in [0.5, 0.6) is 11.5 Å². The van der Waals surface area contributed by atoms with Crippen LogP contribution in [0.3, 0.4) is 0 Å². The molecule has 1 aliphatic heterocycles. The molecule has 0 fully saturated rings. The van der Waals surface area contributed by atoms with Crippen molar-refractivity contribution in [3.05, 3.63) is 35.9 Å². The molecule has 10 heteroatoms. The zero-order valence-corrected chi connectivity index (χ0v) is 14.0. The van der Waals surface area contributed by atoms with E-state index in [0.717, 1.165) is 15.6 Å². The minimum Gasteiger partial charge on any atom is -0.454 e. The quantitative estimate of drug-likeness (QED) is 0.801. The number of nitrogens with one attached hydrogen (secondary N) is 2. The first-order valence-electron chi connectivity index (χ1n) is 7.10. The normalized spacial score (nSPS) is 13.1. The van der Waals surface area contributed by atoms with Gasteiger partial charge in [0.1, 0.15) is 5.82 Å². The van der Waals surface area contributed by atoms with Gasteiger partial charge in [-0.05, 0) is 29.8 Å². The number of fused-ring (bicyclic) bond motifs is 1. The number of hydrogen-bond acceptors (Lipinski definition) is 7. The summed E-state index contributed by atoms with van der Waals surface area (Å²) >= 11 is 0. The maximum absolute atomic E-state index is 11.7. The number of nitrogens with zero attached hydrogens (tertiary/aromatic N) is 3. The van der Waals surface area contributed by atoms with Crippen LogP contribution in [0.4, 0.5) is 11.6 Å². The summed E-state index contributed by atoms with van der Waals surface area (Å²) in [4.78, 5) is 0. The Morgan fingerprint density at radius 1 is 1.08 bits per heavy atom. The molecule has 3 rings (SSSR count). The molecule has 1 aromatic carbocycles. The minimum absolute atomic E-state index is 0.150. The lowest BCUT2D eigenvalue weighted by Gasteiger charge is -2.12. The molecule has 2 N–H and O–H groups in total. The van der Waals surface area contributed by atoms with Gasteiger partial charge in [-0.1, -0.05) is 6.07 Å². The van der Waals surface area contributed by atoms with Gasteiger partial charge in [0, 0.05) is 20.6 Å². The van der Waals surface area contributed by atoms with Gasteiger partial charge in [-0.2, -0.15) is 12.7 Å². The highest BCUT2D eigenvalue weighted by atomic mass is 32.2. The summed E-state index contributed by atoms with van der Waals surface area (Å²) < 4.78 is 37.4. The van der Waals surface area contributed by atoms with Crippen molar-refractivity contribution in [3.63, 3.8) is 0 Å². The van der Waals surface area contributed by atoms with E-state index < -0.39 is 10.2 Å². The molecule has 128 valence electrons. The highest BCUT2D eigenvalue weighted by molar-refractivity contribution is 7.90. The van der Waals surface area contributed by atoms with E-state index in [1.807, 2.05) is 18.2 Å². The van der Waals surface area contributed by atoms with Crippen molar-refractivity contribution in [2.24, 2.45) is 0 Å². The van der Waals surface area contributed by atoms with Crippen molar-refractivity contribution < 1.29 is 17.9 Å². The fourth-order valence-electron chi connectivity index (χ4n) is 1.95. The van der Waals surface area contributed by atoms with Crippen LogP contribution in [-0.2, 0) is 16.8 Å². The van der Waals surface area contributed by atoms with Crippen LogP contribution in [0.15, 0.2) is 30.3 Å². The average Bonchev–Trinajstić information content (AvgIpc) is 3.01. The van der Waals surface area contributed by atoms with Crippen LogP contribution in [0.1, 0.15) is 5.56 Å². The van der Waals surface area contributed by atoms with Gasteiger partial charge in [0.05, 0.1) is 0 Å². The number of rotatable bonds is 6. The summed E-state index contributed by atoms with van der Waals surface area (Å²) in [7, 11) is -0.735. The van der Waals surface area contributed by atoms with E-state index in [0.29, 0.717) is 18.1 Å². The predicted molar refractivity (Wildman–Crippen MR) is 88.2 cm³/mol. The van der Waals surface area contributed by atoms with Gasteiger partial charge in [-0.3, -0.25) is 4.72 Å². The Kier molecular flexibility index (Phi) is 4.40. The van der Waals surface area contributed by atoms with Crippen LogP contribution < -0.4 is 19.5 Å². The molecular formula is C14H17N5O4S. The minimum atomic E-state index is -3.59. The second-order valence-corrected chi connectivity index (χ2v) is 7.12. The SMILES string of the molecule is CN(C)S(=O)(=O)Nc1ccc(NCc2ccc3c(c2)OCO3)nn1. The third kappa shape index (κ3) is 3.66. The second-order valence-electron chi connectivity index (χ2n) is 5.23.